The van der Waals surface area contributed by atoms with Crippen molar-refractivity contribution in [3.8, 4) is 11.1 Å². The Hall–Kier alpha value is -3.88. The molecule has 4 rings (SSSR count). The first-order valence-electron chi connectivity index (χ1n) is 12.1. The van der Waals surface area contributed by atoms with Gasteiger partial charge in [0.1, 0.15) is 10.6 Å². The Labute approximate surface area is 230 Å². The fourth-order valence-electron chi connectivity index (χ4n) is 3.76. The molecule has 0 saturated heterocycles. The van der Waals surface area contributed by atoms with Gasteiger partial charge in [-0.2, -0.15) is 0 Å². The second kappa shape index (κ2) is 13.1. The van der Waals surface area contributed by atoms with Crippen molar-refractivity contribution < 1.29 is 19.1 Å². The van der Waals surface area contributed by atoms with Gasteiger partial charge in [-0.05, 0) is 43.2 Å². The van der Waals surface area contributed by atoms with Gasteiger partial charge in [0.2, 0.25) is 11.8 Å². The summed E-state index contributed by atoms with van der Waals surface area (Å²) in [5.41, 5.74) is 4.70. The summed E-state index contributed by atoms with van der Waals surface area (Å²) in [5.74, 6) is -0.672. The van der Waals surface area contributed by atoms with E-state index in [1.807, 2.05) is 91.2 Å². The van der Waals surface area contributed by atoms with E-state index in [0.29, 0.717) is 16.3 Å². The molecule has 0 radical (unpaired) electrons. The number of carbonyl (C=O) groups is 3. The molecular formula is C30H28N2O4S2. The lowest BCUT2D eigenvalue weighted by Crippen LogP contribution is -2.16. The average Bonchev–Trinajstić information content (AvgIpc) is 3.32. The van der Waals surface area contributed by atoms with Crippen LogP contribution in [0.15, 0.2) is 89.1 Å². The highest BCUT2D eigenvalue weighted by atomic mass is 32.2. The molecule has 0 spiro atoms. The summed E-state index contributed by atoms with van der Waals surface area (Å²) in [5, 5.41) is 8.12. The summed E-state index contributed by atoms with van der Waals surface area (Å²) >= 11 is 2.65. The van der Waals surface area contributed by atoms with Crippen molar-refractivity contribution in [2.45, 2.75) is 25.2 Å². The Bertz CT molecular complexity index is 1420. The lowest BCUT2D eigenvalue weighted by molar-refractivity contribution is -0.115. The van der Waals surface area contributed by atoms with Crippen LogP contribution in [0, 0.1) is 6.92 Å². The van der Waals surface area contributed by atoms with Crippen molar-refractivity contribution in [3.63, 3.8) is 0 Å². The van der Waals surface area contributed by atoms with Gasteiger partial charge in [-0.25, -0.2) is 4.79 Å². The number of esters is 1. The molecule has 0 atom stereocenters. The van der Waals surface area contributed by atoms with Gasteiger partial charge in [-0.1, -0.05) is 66.2 Å². The summed E-state index contributed by atoms with van der Waals surface area (Å²) < 4.78 is 5.28. The SMILES string of the molecule is CCOC(=O)c1c(-c2ccc(C)cc2)csc1NC(=O)CSc1cccc(NC(=O)Cc2ccccc2)c1. The molecule has 194 valence electrons. The number of amides is 2. The summed E-state index contributed by atoms with van der Waals surface area (Å²) in [6, 6.07) is 24.8. The van der Waals surface area contributed by atoms with E-state index >= 15 is 0 Å². The Kier molecular flexibility index (Phi) is 9.35. The van der Waals surface area contributed by atoms with E-state index in [-0.39, 0.29) is 30.6 Å². The molecule has 0 aliphatic rings. The number of thioether (sulfide) groups is 1. The molecule has 8 heteroatoms. The largest absolute Gasteiger partial charge is 0.462 e. The van der Waals surface area contributed by atoms with E-state index in [1.54, 1.807) is 6.92 Å². The first kappa shape index (κ1) is 27.2. The standard InChI is InChI=1S/C30H28N2O4S2/c1-3-36-30(35)28-25(22-14-12-20(2)13-15-22)18-38-29(28)32-27(34)19-37-24-11-7-10-23(17-24)31-26(33)16-21-8-5-4-6-9-21/h4-15,17-18H,3,16,19H2,1-2H3,(H,31,33)(H,32,34). The minimum Gasteiger partial charge on any atom is -0.462 e. The molecule has 4 aromatic rings. The highest BCUT2D eigenvalue weighted by molar-refractivity contribution is 8.00. The van der Waals surface area contributed by atoms with Gasteiger partial charge >= 0.3 is 5.97 Å². The van der Waals surface area contributed by atoms with Crippen LogP contribution in [0.5, 0.6) is 0 Å². The van der Waals surface area contributed by atoms with Crippen LogP contribution in [0.25, 0.3) is 11.1 Å². The third-order valence-corrected chi connectivity index (χ3v) is 7.47. The quantitative estimate of drug-likeness (QED) is 0.169. The zero-order valence-corrected chi connectivity index (χ0v) is 22.8. The first-order valence-corrected chi connectivity index (χ1v) is 14.0. The lowest BCUT2D eigenvalue weighted by atomic mass is 10.0. The molecule has 1 heterocycles. The molecule has 38 heavy (non-hydrogen) atoms. The zero-order valence-electron chi connectivity index (χ0n) is 21.2. The van der Waals surface area contributed by atoms with Crippen LogP contribution < -0.4 is 10.6 Å². The van der Waals surface area contributed by atoms with Crippen LogP contribution in [0.3, 0.4) is 0 Å². The Balaban J connectivity index is 1.39. The monoisotopic (exact) mass is 544 g/mol. The van der Waals surface area contributed by atoms with E-state index in [9.17, 15) is 14.4 Å². The molecule has 6 nitrogen and oxygen atoms in total. The number of hydrogen-bond acceptors (Lipinski definition) is 6. The van der Waals surface area contributed by atoms with Gasteiger partial charge < -0.3 is 15.4 Å². The summed E-state index contributed by atoms with van der Waals surface area (Å²) in [4.78, 5) is 38.9. The van der Waals surface area contributed by atoms with Gasteiger partial charge in [-0.15, -0.1) is 23.1 Å². The molecule has 0 bridgehead atoms. The molecule has 2 amide bonds. The second-order valence-corrected chi connectivity index (χ2v) is 10.4. The maximum Gasteiger partial charge on any atom is 0.341 e. The van der Waals surface area contributed by atoms with E-state index in [0.717, 1.165) is 27.1 Å². The lowest BCUT2D eigenvalue weighted by Gasteiger charge is -2.10. The van der Waals surface area contributed by atoms with Crippen molar-refractivity contribution in [2.75, 3.05) is 23.0 Å². The van der Waals surface area contributed by atoms with Crippen molar-refractivity contribution in [1.29, 1.82) is 0 Å². The highest BCUT2D eigenvalue weighted by Crippen LogP contribution is 2.36. The fraction of sp³-hybridized carbons (Fsp3) is 0.167. The molecule has 1 aromatic heterocycles. The first-order chi connectivity index (χ1) is 18.4. The summed E-state index contributed by atoms with van der Waals surface area (Å²) in [6.07, 6.45) is 0.287. The van der Waals surface area contributed by atoms with Crippen molar-refractivity contribution in [2.24, 2.45) is 0 Å². The van der Waals surface area contributed by atoms with Crippen LogP contribution in [0.4, 0.5) is 10.7 Å². The maximum absolute atomic E-state index is 12.8. The molecule has 3 aromatic carbocycles. The van der Waals surface area contributed by atoms with E-state index < -0.39 is 5.97 Å². The van der Waals surface area contributed by atoms with Crippen molar-refractivity contribution in [1.82, 2.24) is 0 Å². The number of rotatable bonds is 10. The minimum absolute atomic E-state index is 0.107. The molecule has 0 unspecified atom stereocenters. The van der Waals surface area contributed by atoms with Gasteiger partial charge in [-0.3, -0.25) is 9.59 Å². The maximum atomic E-state index is 12.8. The number of ether oxygens (including phenoxy) is 1. The Morgan fingerprint density at radius 3 is 2.39 bits per heavy atom. The molecule has 0 fully saturated rings. The average molecular weight is 545 g/mol. The van der Waals surface area contributed by atoms with Crippen LogP contribution in [-0.2, 0) is 20.7 Å². The predicted octanol–water partition coefficient (Wildman–Crippen LogP) is 6.81. The highest BCUT2D eigenvalue weighted by Gasteiger charge is 2.23. The van der Waals surface area contributed by atoms with Crippen LogP contribution in [-0.4, -0.2) is 30.1 Å². The number of anilines is 2. The second-order valence-electron chi connectivity index (χ2n) is 8.52. The molecule has 0 saturated carbocycles. The number of benzene rings is 3. The minimum atomic E-state index is -0.466. The van der Waals surface area contributed by atoms with Crippen LogP contribution >= 0.6 is 23.1 Å². The van der Waals surface area contributed by atoms with Gasteiger partial charge in [0.15, 0.2) is 0 Å². The number of hydrogen-bond donors (Lipinski definition) is 2. The third kappa shape index (κ3) is 7.34. The van der Waals surface area contributed by atoms with E-state index in [2.05, 4.69) is 10.6 Å². The molecule has 0 aliphatic carbocycles. The van der Waals surface area contributed by atoms with Gasteiger partial charge in [0.05, 0.1) is 18.8 Å². The number of aryl methyl sites for hydroxylation is 1. The normalized spacial score (nSPS) is 10.6. The van der Waals surface area contributed by atoms with Gasteiger partial charge in [0.25, 0.3) is 0 Å². The summed E-state index contributed by atoms with van der Waals surface area (Å²) in [7, 11) is 0. The number of carbonyl (C=O) groups excluding carboxylic acids is 3. The van der Waals surface area contributed by atoms with Crippen molar-refractivity contribution in [3.05, 3.63) is 101 Å². The van der Waals surface area contributed by atoms with E-state index in [4.69, 9.17) is 4.74 Å². The predicted molar refractivity (Wildman–Crippen MR) is 155 cm³/mol. The van der Waals surface area contributed by atoms with E-state index in [1.165, 1.54) is 23.1 Å². The summed E-state index contributed by atoms with van der Waals surface area (Å²) in [6.45, 7) is 3.99. The van der Waals surface area contributed by atoms with Crippen LogP contribution in [0.2, 0.25) is 0 Å². The smallest absolute Gasteiger partial charge is 0.341 e. The van der Waals surface area contributed by atoms with Crippen molar-refractivity contribution >= 4 is 51.6 Å². The zero-order chi connectivity index (χ0) is 26.9. The molecule has 0 aliphatic heterocycles. The fourth-order valence-corrected chi connectivity index (χ4v) is 5.49. The Morgan fingerprint density at radius 1 is 0.895 bits per heavy atom. The molecule has 2 N–H and O–H groups in total. The number of thiophene rings is 1. The topological polar surface area (TPSA) is 84.5 Å². The third-order valence-electron chi connectivity index (χ3n) is 5.58. The Morgan fingerprint density at radius 2 is 1.66 bits per heavy atom. The van der Waals surface area contributed by atoms with Crippen LogP contribution in [0.1, 0.15) is 28.4 Å². The number of nitrogens with one attached hydrogen (secondary N) is 2. The van der Waals surface area contributed by atoms with Gasteiger partial charge in [0, 0.05) is 21.5 Å². The molecular weight excluding hydrogens is 516 g/mol.